The molecule has 346 valence electrons. The Morgan fingerprint density at radius 2 is 0.862 bits per heavy atom. The molecule has 6 fully saturated rings. The summed E-state index contributed by atoms with van der Waals surface area (Å²) in [7, 11) is -11.9. The minimum atomic E-state index is -3.10. The fourth-order valence-electron chi connectivity index (χ4n) is 7.48. The van der Waals surface area contributed by atoms with Crippen molar-refractivity contribution in [2.24, 2.45) is 23.7 Å². The maximum absolute atomic E-state index is 11.9. The van der Waals surface area contributed by atoms with E-state index in [1.165, 1.54) is 4.31 Å². The molecule has 58 heavy (non-hydrogen) atoms. The first kappa shape index (κ1) is 51.9. The molecule has 0 spiro atoms. The average molecular weight is 909 g/mol. The SMILES string of the molecule is C.CC(O)C1CCN(S(=O)(=O)C2CC2)CC1.CC1CCN(S(=O)(=O)C2CC2)CC1.CCCCS(=O)(=O)N1CCC(C)CC1.[3H]C(O)C1CCN(S(=O)(=O)CCCC)CC1. The van der Waals surface area contributed by atoms with Gasteiger partial charge in [0, 0.05) is 58.9 Å². The van der Waals surface area contributed by atoms with Crippen molar-refractivity contribution >= 4 is 40.1 Å². The second-order valence-corrected chi connectivity index (χ2v) is 26.0. The van der Waals surface area contributed by atoms with Crippen LogP contribution in [0.25, 0.3) is 0 Å². The summed E-state index contributed by atoms with van der Waals surface area (Å²) in [5, 5.41) is 18.4. The maximum atomic E-state index is 11.9. The Kier molecular flexibility index (Phi) is 22.4. The molecule has 2 N–H and O–H groups in total. The summed E-state index contributed by atoms with van der Waals surface area (Å²) >= 11 is 0. The number of unbranched alkanes of at least 4 members (excludes halogenated alkanes) is 2. The highest BCUT2D eigenvalue weighted by Crippen LogP contribution is 2.34. The fourth-order valence-corrected chi connectivity index (χ4v) is 14.6. The maximum Gasteiger partial charge on any atom is 0.216 e. The summed E-state index contributed by atoms with van der Waals surface area (Å²) in [5.74, 6) is 2.14. The first-order valence-electron chi connectivity index (χ1n) is 22.4. The topological polar surface area (TPSA) is 190 Å². The lowest BCUT2D eigenvalue weighted by molar-refractivity contribution is 0.0912. The molecule has 0 bridgehead atoms. The molecule has 14 nitrogen and oxygen atoms in total. The first-order valence-corrected chi connectivity index (χ1v) is 28.1. The van der Waals surface area contributed by atoms with Gasteiger partial charge in [-0.2, -0.15) is 0 Å². The van der Waals surface area contributed by atoms with E-state index in [9.17, 15) is 38.8 Å². The van der Waals surface area contributed by atoms with Crippen LogP contribution in [0.5, 0.6) is 0 Å². The van der Waals surface area contributed by atoms with Gasteiger partial charge < -0.3 is 10.2 Å². The van der Waals surface area contributed by atoms with E-state index in [1.807, 2.05) is 13.8 Å². The van der Waals surface area contributed by atoms with Crippen molar-refractivity contribution < 1.29 is 45.3 Å². The lowest BCUT2D eigenvalue weighted by Crippen LogP contribution is -2.42. The summed E-state index contributed by atoms with van der Waals surface area (Å²) in [5.41, 5.74) is 0. The van der Waals surface area contributed by atoms with Gasteiger partial charge in [-0.15, -0.1) is 0 Å². The normalized spacial score (nSPS) is 24.7. The number of nitrogens with zero attached hydrogens (tertiary/aromatic N) is 4. The monoisotopic (exact) mass is 908 g/mol. The molecule has 6 rings (SSSR count). The Hall–Kier alpha value is -0.440. The summed E-state index contributed by atoms with van der Waals surface area (Å²) in [6.45, 7) is 14.1. The van der Waals surface area contributed by atoms with Gasteiger partial charge in [-0.3, -0.25) is 0 Å². The molecule has 2 saturated carbocycles. The molecule has 0 aromatic heterocycles. The van der Waals surface area contributed by atoms with E-state index in [1.54, 1.807) is 19.8 Å². The standard InChI is InChI=1S/C10H19NO3S.C10H21NO3S.C10H21NO2S.C9H17NO2S.CH4/c1-8(12)9-4-6-11(7-5-9)15(13,14)10-2-3-10;1-2-3-8-15(13,14)11-6-4-10(9-12)5-7-11;1-3-4-9-14(12,13)11-7-5-10(2)6-8-11;1-8-4-6-10(7-5-8)13(11,12)9-2-3-9;/h8-10,12H,2-7H2,1H3;10,12H,2-9H2,1H3;10H,3-9H2,1-2H3;8-9H,2-7H2,1H3;1H4/i;9T;;;. The number of aliphatic hydroxyl groups is 2. The predicted molar refractivity (Wildman–Crippen MR) is 235 cm³/mol. The van der Waals surface area contributed by atoms with E-state index < -0.39 is 46.7 Å². The van der Waals surface area contributed by atoms with E-state index >= 15 is 0 Å². The third kappa shape index (κ3) is 17.4. The highest BCUT2D eigenvalue weighted by atomic mass is 32.2. The zero-order valence-electron chi connectivity index (χ0n) is 36.6. The van der Waals surface area contributed by atoms with Crippen LogP contribution < -0.4 is 0 Å². The van der Waals surface area contributed by atoms with Crippen molar-refractivity contribution in [2.45, 2.75) is 161 Å². The molecule has 0 radical (unpaired) electrons. The minimum absolute atomic E-state index is 0. The fraction of sp³-hybridized carbons (Fsp3) is 1.00. The van der Waals surface area contributed by atoms with Crippen LogP contribution in [0.3, 0.4) is 0 Å². The summed E-state index contributed by atoms with van der Waals surface area (Å²) < 4.78 is 108. The number of hydrogen-bond acceptors (Lipinski definition) is 10. The Morgan fingerprint density at radius 3 is 1.16 bits per heavy atom. The molecule has 2 atom stereocenters. The van der Waals surface area contributed by atoms with Crippen LogP contribution in [0.2, 0.25) is 0 Å². The molecular weight excluding hydrogens is 825 g/mol. The van der Waals surface area contributed by atoms with Gasteiger partial charge in [-0.25, -0.2) is 50.9 Å². The van der Waals surface area contributed by atoms with Crippen molar-refractivity contribution in [1.82, 2.24) is 17.2 Å². The van der Waals surface area contributed by atoms with Gasteiger partial charge in [-0.1, -0.05) is 48.0 Å². The molecule has 4 aliphatic heterocycles. The molecule has 0 aromatic carbocycles. The molecule has 0 aromatic rings. The van der Waals surface area contributed by atoms with Crippen molar-refractivity contribution in [3.63, 3.8) is 0 Å². The highest BCUT2D eigenvalue weighted by Gasteiger charge is 2.42. The Morgan fingerprint density at radius 1 is 0.552 bits per heavy atom. The number of sulfonamides is 4. The Bertz CT molecular complexity index is 1630. The van der Waals surface area contributed by atoms with Crippen LogP contribution in [0.15, 0.2) is 0 Å². The molecule has 4 heterocycles. The van der Waals surface area contributed by atoms with Gasteiger partial charge in [-0.05, 0) is 120 Å². The van der Waals surface area contributed by atoms with Gasteiger partial charge in [0.1, 0.15) is 0 Å². The van der Waals surface area contributed by atoms with Crippen LogP contribution in [-0.2, 0) is 40.1 Å². The third-order valence-electron chi connectivity index (χ3n) is 12.3. The number of aliphatic hydroxyl groups excluding tert-OH is 2. The van der Waals surface area contributed by atoms with Gasteiger partial charge in [0.25, 0.3) is 0 Å². The smallest absolute Gasteiger partial charge is 0.216 e. The molecule has 2 aliphatic carbocycles. The Labute approximate surface area is 356 Å². The van der Waals surface area contributed by atoms with Crippen molar-refractivity contribution in [3.8, 4) is 0 Å². The second kappa shape index (κ2) is 25.0. The largest absolute Gasteiger partial charge is 0.396 e. The summed E-state index contributed by atoms with van der Waals surface area (Å²) in [4.78, 5) is 0. The quantitative estimate of drug-likeness (QED) is 0.238. The van der Waals surface area contributed by atoms with E-state index in [0.717, 1.165) is 110 Å². The first-order chi connectivity index (χ1) is 27.1. The molecule has 2 unspecified atom stereocenters. The number of hydrogen-bond donors (Lipinski definition) is 2. The van der Waals surface area contributed by atoms with E-state index in [-0.39, 0.29) is 41.6 Å². The third-order valence-corrected chi connectivity index (χ3v) is 21.0. The van der Waals surface area contributed by atoms with Gasteiger partial charge in [0.2, 0.25) is 40.1 Å². The summed E-state index contributed by atoms with van der Waals surface area (Å²) in [6.07, 6.45) is 13.3. The number of rotatable bonds is 14. The van der Waals surface area contributed by atoms with Gasteiger partial charge in [0.15, 0.2) is 0 Å². The lowest BCUT2D eigenvalue weighted by atomic mass is 9.93. The van der Waals surface area contributed by atoms with Crippen LogP contribution in [0, 0.1) is 23.7 Å². The van der Waals surface area contributed by atoms with Crippen molar-refractivity contribution in [1.29, 1.82) is 0 Å². The zero-order valence-corrected chi connectivity index (χ0v) is 38.9. The van der Waals surface area contributed by atoms with Crippen LogP contribution >= 0.6 is 0 Å². The highest BCUT2D eigenvalue weighted by molar-refractivity contribution is 7.90. The van der Waals surface area contributed by atoms with Gasteiger partial charge >= 0.3 is 0 Å². The van der Waals surface area contributed by atoms with E-state index in [0.29, 0.717) is 63.0 Å². The molecule has 18 heteroatoms. The van der Waals surface area contributed by atoms with Crippen molar-refractivity contribution in [2.75, 3.05) is 70.4 Å². The molecule has 6 aliphatic rings. The average Bonchev–Trinajstić information content (AvgIpc) is 4.11. The van der Waals surface area contributed by atoms with Crippen molar-refractivity contribution in [3.05, 3.63) is 0 Å². The summed E-state index contributed by atoms with van der Waals surface area (Å²) in [6, 6.07) is 0. The predicted octanol–water partition coefficient (Wildman–Crippen LogP) is 5.09. The van der Waals surface area contributed by atoms with Gasteiger partial charge in [0.05, 0.1) is 29.5 Å². The second-order valence-electron chi connectivity index (χ2n) is 17.4. The van der Waals surface area contributed by atoms with Crippen LogP contribution in [0.1, 0.15) is 146 Å². The lowest BCUT2D eigenvalue weighted by Gasteiger charge is -2.32. The molecule has 0 amide bonds. The minimum Gasteiger partial charge on any atom is -0.396 e. The molecular formula is C40H82N4O10S4. The Balaban J connectivity index is 0.000000270. The van der Waals surface area contributed by atoms with E-state index in [4.69, 9.17) is 6.48 Å². The zero-order chi connectivity index (χ0) is 43.3. The number of piperidine rings is 4. The van der Waals surface area contributed by atoms with Crippen LogP contribution in [0.4, 0.5) is 0 Å². The molecule has 4 saturated heterocycles. The van der Waals surface area contributed by atoms with E-state index in [2.05, 4.69) is 13.8 Å². The van der Waals surface area contributed by atoms with Crippen LogP contribution in [-0.4, -0.2) is 148 Å².